The van der Waals surface area contributed by atoms with Crippen LogP contribution < -0.4 is 9.64 Å². The van der Waals surface area contributed by atoms with Gasteiger partial charge in [0.25, 0.3) is 0 Å². The molecule has 0 unspecified atom stereocenters. The average molecular weight is 720 g/mol. The molecule has 0 fully saturated rings. The van der Waals surface area contributed by atoms with Crippen LogP contribution in [0.1, 0.15) is 49.9 Å². The van der Waals surface area contributed by atoms with Crippen molar-refractivity contribution in [1.82, 2.24) is 0 Å². The first kappa shape index (κ1) is 32.8. The van der Waals surface area contributed by atoms with Crippen LogP contribution in [-0.4, -0.2) is 0 Å². The van der Waals surface area contributed by atoms with Crippen molar-refractivity contribution in [1.29, 1.82) is 0 Å². The predicted octanol–water partition coefficient (Wildman–Crippen LogP) is 14.9. The van der Waals surface area contributed by atoms with E-state index in [2.05, 4.69) is 209 Å². The molecule has 0 radical (unpaired) electrons. The summed E-state index contributed by atoms with van der Waals surface area (Å²) in [7, 11) is 0. The Hall–Kier alpha value is -6.64. The summed E-state index contributed by atoms with van der Waals surface area (Å²) in [5.41, 5.74) is 20.6. The number of hydrogen-bond acceptors (Lipinski definition) is 2. The highest BCUT2D eigenvalue weighted by Gasteiger charge is 2.38. The molecule has 2 heteroatoms. The third-order valence-electron chi connectivity index (χ3n) is 12.7. The maximum absolute atomic E-state index is 7.08. The molecular formula is C54H41NO. The van der Waals surface area contributed by atoms with Gasteiger partial charge in [0.05, 0.1) is 0 Å². The number of fused-ring (bicyclic) bond motifs is 11. The molecule has 0 N–H and O–H groups in total. The van der Waals surface area contributed by atoms with Gasteiger partial charge >= 0.3 is 0 Å². The van der Waals surface area contributed by atoms with Crippen LogP contribution in [0.5, 0.6) is 11.5 Å². The molecule has 0 spiro atoms. The molecule has 11 rings (SSSR count). The van der Waals surface area contributed by atoms with Crippen LogP contribution in [0.4, 0.5) is 17.1 Å². The second-order valence-corrected chi connectivity index (χ2v) is 16.5. The highest BCUT2D eigenvalue weighted by atomic mass is 16.5. The van der Waals surface area contributed by atoms with Crippen molar-refractivity contribution in [2.24, 2.45) is 0 Å². The number of anilines is 3. The minimum absolute atomic E-state index is 0.129. The predicted molar refractivity (Wildman–Crippen MR) is 233 cm³/mol. The number of benzene rings is 8. The van der Waals surface area contributed by atoms with E-state index in [4.69, 9.17) is 4.74 Å². The van der Waals surface area contributed by atoms with Gasteiger partial charge in [0.2, 0.25) is 0 Å². The molecule has 0 saturated heterocycles. The molecule has 0 atom stereocenters. The Bertz CT molecular complexity index is 2790. The van der Waals surface area contributed by atoms with Gasteiger partial charge in [-0.05, 0) is 109 Å². The van der Waals surface area contributed by atoms with Gasteiger partial charge in [-0.25, -0.2) is 0 Å². The summed E-state index contributed by atoms with van der Waals surface area (Å²) < 4.78 is 7.08. The molecule has 8 aromatic carbocycles. The zero-order valence-electron chi connectivity index (χ0n) is 32.1. The van der Waals surface area contributed by atoms with E-state index in [0.717, 1.165) is 50.8 Å². The highest BCUT2D eigenvalue weighted by Crippen LogP contribution is 2.55. The Balaban J connectivity index is 1.11. The van der Waals surface area contributed by atoms with Gasteiger partial charge in [-0.3, -0.25) is 0 Å². The monoisotopic (exact) mass is 719 g/mol. The summed E-state index contributed by atoms with van der Waals surface area (Å²) in [5, 5.41) is 0. The maximum atomic E-state index is 7.08. The Morgan fingerprint density at radius 3 is 1.41 bits per heavy atom. The fourth-order valence-electron chi connectivity index (χ4n) is 9.87. The minimum atomic E-state index is -0.129. The van der Waals surface area contributed by atoms with Crippen LogP contribution in [0, 0.1) is 0 Å². The summed E-state index contributed by atoms with van der Waals surface area (Å²) in [6, 6.07) is 64.4. The lowest BCUT2D eigenvalue weighted by molar-refractivity contribution is 0.488. The first-order valence-corrected chi connectivity index (χ1v) is 19.7. The van der Waals surface area contributed by atoms with Gasteiger partial charge in [0.15, 0.2) is 0 Å². The fraction of sp³-hybridized carbons (Fsp3) is 0.111. The van der Waals surface area contributed by atoms with Crippen molar-refractivity contribution >= 4 is 17.1 Å². The van der Waals surface area contributed by atoms with Gasteiger partial charge in [0.1, 0.15) is 11.5 Å². The normalized spacial score (nSPS) is 14.5. The number of hydrogen-bond donors (Lipinski definition) is 0. The summed E-state index contributed by atoms with van der Waals surface area (Å²) in [6.07, 6.45) is 0. The molecular weight excluding hydrogens is 679 g/mol. The van der Waals surface area contributed by atoms with E-state index in [0.29, 0.717) is 0 Å². The van der Waals surface area contributed by atoms with Crippen LogP contribution in [0.15, 0.2) is 176 Å². The van der Waals surface area contributed by atoms with Gasteiger partial charge in [-0.15, -0.1) is 0 Å². The SMILES string of the molecule is CC1(C)c2ccccc2-c2ccc(N(c3ccc4c(c3)Oc3cccc(-c5ccccc5)c3-c3ccccc3-4)c3ccc4c(c3)C(C)(C)c3ccccc3-4)cc21. The van der Waals surface area contributed by atoms with Gasteiger partial charge in [-0.1, -0.05) is 155 Å². The van der Waals surface area contributed by atoms with Crippen molar-refractivity contribution in [2.75, 3.05) is 4.90 Å². The zero-order chi connectivity index (χ0) is 37.8. The van der Waals surface area contributed by atoms with E-state index in [1.807, 2.05) is 0 Å². The van der Waals surface area contributed by atoms with Crippen LogP contribution >= 0.6 is 0 Å². The average Bonchev–Trinajstić information content (AvgIpc) is 3.53. The largest absolute Gasteiger partial charge is 0.456 e. The molecule has 3 aliphatic rings. The van der Waals surface area contributed by atoms with Gasteiger partial charge in [-0.2, -0.15) is 0 Å². The zero-order valence-corrected chi connectivity index (χ0v) is 32.1. The molecule has 0 bridgehead atoms. The summed E-state index contributed by atoms with van der Waals surface area (Å²) in [5.74, 6) is 1.70. The second-order valence-electron chi connectivity index (χ2n) is 16.5. The van der Waals surface area contributed by atoms with Crippen molar-refractivity contribution in [2.45, 2.75) is 38.5 Å². The first-order chi connectivity index (χ1) is 27.3. The maximum Gasteiger partial charge on any atom is 0.137 e. The van der Waals surface area contributed by atoms with Crippen LogP contribution in [0.2, 0.25) is 0 Å². The van der Waals surface area contributed by atoms with E-state index in [9.17, 15) is 0 Å². The number of rotatable bonds is 4. The Morgan fingerprint density at radius 2 is 0.804 bits per heavy atom. The van der Waals surface area contributed by atoms with Crippen molar-refractivity contribution in [3.63, 3.8) is 0 Å². The van der Waals surface area contributed by atoms with Crippen molar-refractivity contribution < 1.29 is 4.74 Å². The highest BCUT2D eigenvalue weighted by molar-refractivity contribution is 5.98. The van der Waals surface area contributed by atoms with Crippen LogP contribution in [0.25, 0.3) is 55.6 Å². The first-order valence-electron chi connectivity index (χ1n) is 19.7. The van der Waals surface area contributed by atoms with Gasteiger partial charge in [0, 0.05) is 45.1 Å². The molecule has 2 nitrogen and oxygen atoms in total. The van der Waals surface area contributed by atoms with E-state index >= 15 is 0 Å². The molecule has 0 amide bonds. The van der Waals surface area contributed by atoms with E-state index < -0.39 is 0 Å². The molecule has 1 heterocycles. The third-order valence-corrected chi connectivity index (χ3v) is 12.7. The lowest BCUT2D eigenvalue weighted by Crippen LogP contribution is -2.18. The third kappa shape index (κ3) is 4.69. The molecule has 0 aromatic heterocycles. The second kappa shape index (κ2) is 11.9. The molecule has 1 aliphatic heterocycles. The van der Waals surface area contributed by atoms with Crippen molar-refractivity contribution in [3.8, 4) is 67.1 Å². The van der Waals surface area contributed by atoms with Crippen LogP contribution in [-0.2, 0) is 10.8 Å². The molecule has 268 valence electrons. The quantitative estimate of drug-likeness (QED) is 0.180. The van der Waals surface area contributed by atoms with E-state index in [-0.39, 0.29) is 10.8 Å². The van der Waals surface area contributed by atoms with Gasteiger partial charge < -0.3 is 9.64 Å². The molecule has 2 aliphatic carbocycles. The minimum Gasteiger partial charge on any atom is -0.456 e. The smallest absolute Gasteiger partial charge is 0.137 e. The fourth-order valence-corrected chi connectivity index (χ4v) is 9.87. The number of nitrogens with zero attached hydrogens (tertiary/aromatic N) is 1. The Morgan fingerprint density at radius 1 is 0.339 bits per heavy atom. The molecule has 0 saturated carbocycles. The summed E-state index contributed by atoms with van der Waals surface area (Å²) in [4.78, 5) is 2.43. The Kier molecular flexibility index (Phi) is 6.98. The van der Waals surface area contributed by atoms with Crippen LogP contribution in [0.3, 0.4) is 0 Å². The van der Waals surface area contributed by atoms with E-state index in [1.54, 1.807) is 0 Å². The Labute approximate surface area is 329 Å². The van der Waals surface area contributed by atoms with E-state index in [1.165, 1.54) is 55.6 Å². The molecule has 56 heavy (non-hydrogen) atoms. The standard InChI is InChI=1S/C54H41NO/c1-53(2)46-22-12-10-18-40(46)42-28-25-35(31-48(42)53)55(36-26-29-43-41-19-11-13-23-47(41)54(3,4)49(43)32-36)37-27-30-44-39-17-8-9-20-45(39)52-38(34-15-6-5-7-16-34)21-14-24-50(52)56-51(44)33-37/h5-33H,1-4H3. The summed E-state index contributed by atoms with van der Waals surface area (Å²) in [6.45, 7) is 9.43. The molecule has 8 aromatic rings. The lowest BCUT2D eigenvalue weighted by Gasteiger charge is -2.30. The number of ether oxygens (including phenoxy) is 1. The van der Waals surface area contributed by atoms with Crippen molar-refractivity contribution in [3.05, 3.63) is 198 Å². The lowest BCUT2D eigenvalue weighted by atomic mass is 9.82. The summed E-state index contributed by atoms with van der Waals surface area (Å²) >= 11 is 0. The topological polar surface area (TPSA) is 12.5 Å².